The fraction of sp³-hybridized carbons (Fsp3) is 0.263. The fourth-order valence-corrected chi connectivity index (χ4v) is 4.59. The molecular formula is C19H16BrNO2. The zero-order chi connectivity index (χ0) is 15.4. The lowest BCUT2D eigenvalue weighted by atomic mass is 9.77. The van der Waals surface area contributed by atoms with E-state index in [1.165, 1.54) is 16.8 Å². The zero-order valence-electron chi connectivity index (χ0n) is 12.5. The smallest absolute Gasteiger partial charge is 0.231 e. The predicted molar refractivity (Wildman–Crippen MR) is 93.1 cm³/mol. The highest BCUT2D eigenvalue weighted by Crippen LogP contribution is 2.52. The lowest BCUT2D eigenvalue weighted by molar-refractivity contribution is 0.174. The van der Waals surface area contributed by atoms with Gasteiger partial charge in [0.2, 0.25) is 6.79 Å². The van der Waals surface area contributed by atoms with Gasteiger partial charge in [-0.05, 0) is 41.7 Å². The molecule has 4 heteroatoms. The van der Waals surface area contributed by atoms with Crippen LogP contribution >= 0.6 is 15.9 Å². The Morgan fingerprint density at radius 1 is 1.04 bits per heavy atom. The van der Waals surface area contributed by atoms with Crippen LogP contribution in [-0.2, 0) is 0 Å². The molecule has 1 aliphatic carbocycles. The molecule has 2 heterocycles. The molecule has 0 saturated heterocycles. The van der Waals surface area contributed by atoms with E-state index in [1.54, 1.807) is 0 Å². The predicted octanol–water partition coefficient (Wildman–Crippen LogP) is 5.00. The van der Waals surface area contributed by atoms with E-state index in [9.17, 15) is 0 Å². The van der Waals surface area contributed by atoms with Gasteiger partial charge in [-0.25, -0.2) is 0 Å². The molecule has 0 bridgehead atoms. The van der Waals surface area contributed by atoms with Crippen molar-refractivity contribution in [3.05, 3.63) is 64.1 Å². The summed E-state index contributed by atoms with van der Waals surface area (Å²) in [5.41, 5.74) is 3.87. The highest BCUT2D eigenvalue weighted by Gasteiger charge is 2.38. The van der Waals surface area contributed by atoms with Crippen molar-refractivity contribution in [2.45, 2.75) is 18.4 Å². The second-order valence-electron chi connectivity index (χ2n) is 6.29. The number of ether oxygens (including phenoxy) is 2. The van der Waals surface area contributed by atoms with Gasteiger partial charge in [0.05, 0.1) is 6.04 Å². The molecule has 0 saturated carbocycles. The van der Waals surface area contributed by atoms with Crippen LogP contribution in [0.2, 0.25) is 0 Å². The number of nitrogens with one attached hydrogen (secondary N) is 1. The van der Waals surface area contributed by atoms with Crippen LogP contribution in [0.3, 0.4) is 0 Å². The van der Waals surface area contributed by atoms with Gasteiger partial charge < -0.3 is 14.8 Å². The Labute approximate surface area is 143 Å². The zero-order valence-corrected chi connectivity index (χ0v) is 14.0. The van der Waals surface area contributed by atoms with Crippen molar-refractivity contribution >= 4 is 21.6 Å². The molecule has 116 valence electrons. The maximum absolute atomic E-state index is 5.58. The Bertz CT molecular complexity index is 817. The van der Waals surface area contributed by atoms with Crippen LogP contribution in [0.5, 0.6) is 11.5 Å². The molecule has 23 heavy (non-hydrogen) atoms. The van der Waals surface area contributed by atoms with Crippen LogP contribution < -0.4 is 14.8 Å². The standard InChI is InChI=1S/C19H16BrNO2/c20-15-9-18-17(22-10-23-18)8-14(15)19-13-6-3-5-11(13)12-4-1-2-7-16(12)21-19/h1-5,7-9,11,13,19,21H,6,10H2/t11-,13+,19+/m0/s1. The van der Waals surface area contributed by atoms with Gasteiger partial charge in [-0.3, -0.25) is 0 Å². The van der Waals surface area contributed by atoms with E-state index in [0.29, 0.717) is 18.6 Å². The topological polar surface area (TPSA) is 30.5 Å². The Morgan fingerprint density at radius 2 is 1.87 bits per heavy atom. The minimum Gasteiger partial charge on any atom is -0.454 e. The van der Waals surface area contributed by atoms with Crippen molar-refractivity contribution in [3.8, 4) is 11.5 Å². The van der Waals surface area contributed by atoms with E-state index in [-0.39, 0.29) is 6.04 Å². The Kier molecular flexibility index (Phi) is 2.95. The van der Waals surface area contributed by atoms with E-state index in [0.717, 1.165) is 22.4 Å². The molecule has 3 aliphatic rings. The van der Waals surface area contributed by atoms with Crippen LogP contribution in [-0.4, -0.2) is 6.79 Å². The molecule has 0 radical (unpaired) electrons. The van der Waals surface area contributed by atoms with Crippen molar-refractivity contribution in [2.75, 3.05) is 12.1 Å². The molecule has 2 aromatic carbocycles. The van der Waals surface area contributed by atoms with Crippen molar-refractivity contribution in [3.63, 3.8) is 0 Å². The van der Waals surface area contributed by atoms with E-state index in [1.807, 2.05) is 6.07 Å². The molecule has 5 rings (SSSR count). The quantitative estimate of drug-likeness (QED) is 0.717. The van der Waals surface area contributed by atoms with Crippen LogP contribution in [0.15, 0.2) is 53.0 Å². The monoisotopic (exact) mass is 369 g/mol. The van der Waals surface area contributed by atoms with Crippen molar-refractivity contribution in [1.29, 1.82) is 0 Å². The van der Waals surface area contributed by atoms with Crippen molar-refractivity contribution in [1.82, 2.24) is 0 Å². The van der Waals surface area contributed by atoms with Gasteiger partial charge in [0.25, 0.3) is 0 Å². The summed E-state index contributed by atoms with van der Waals surface area (Å²) in [6.07, 6.45) is 5.77. The second-order valence-corrected chi connectivity index (χ2v) is 7.14. The number of hydrogen-bond acceptors (Lipinski definition) is 3. The first-order valence-electron chi connectivity index (χ1n) is 7.92. The molecule has 3 atom stereocenters. The third-order valence-electron chi connectivity index (χ3n) is 5.10. The molecule has 3 nitrogen and oxygen atoms in total. The van der Waals surface area contributed by atoms with Gasteiger partial charge in [0, 0.05) is 16.1 Å². The summed E-state index contributed by atoms with van der Waals surface area (Å²) in [7, 11) is 0. The number of rotatable bonds is 1. The summed E-state index contributed by atoms with van der Waals surface area (Å²) in [5.74, 6) is 2.67. The Morgan fingerprint density at radius 3 is 2.78 bits per heavy atom. The molecule has 0 amide bonds. The van der Waals surface area contributed by atoms with Crippen LogP contribution in [0, 0.1) is 5.92 Å². The van der Waals surface area contributed by atoms with Crippen LogP contribution in [0.4, 0.5) is 5.69 Å². The summed E-state index contributed by atoms with van der Waals surface area (Å²) in [6.45, 7) is 0.305. The number of hydrogen-bond donors (Lipinski definition) is 1. The average molecular weight is 370 g/mol. The van der Waals surface area contributed by atoms with Gasteiger partial charge in [0.15, 0.2) is 11.5 Å². The number of benzene rings is 2. The molecule has 2 aliphatic heterocycles. The lowest BCUT2D eigenvalue weighted by Crippen LogP contribution is -2.29. The maximum atomic E-state index is 5.58. The third-order valence-corrected chi connectivity index (χ3v) is 5.79. The molecule has 2 aromatic rings. The maximum Gasteiger partial charge on any atom is 0.231 e. The van der Waals surface area contributed by atoms with E-state index < -0.39 is 0 Å². The molecular weight excluding hydrogens is 354 g/mol. The molecule has 0 unspecified atom stereocenters. The van der Waals surface area contributed by atoms with Gasteiger partial charge in [0.1, 0.15) is 0 Å². The molecule has 1 N–H and O–H groups in total. The average Bonchev–Trinajstić information content (AvgIpc) is 3.22. The van der Waals surface area contributed by atoms with E-state index >= 15 is 0 Å². The van der Waals surface area contributed by atoms with Gasteiger partial charge >= 0.3 is 0 Å². The first-order chi connectivity index (χ1) is 11.3. The first-order valence-corrected chi connectivity index (χ1v) is 8.72. The molecule has 0 spiro atoms. The summed E-state index contributed by atoms with van der Waals surface area (Å²) >= 11 is 3.73. The van der Waals surface area contributed by atoms with Gasteiger partial charge in [-0.15, -0.1) is 0 Å². The Balaban J connectivity index is 1.62. The summed E-state index contributed by atoms with van der Waals surface area (Å²) in [6, 6.07) is 13.0. The number of halogens is 1. The number of para-hydroxylation sites is 1. The molecule has 0 fully saturated rings. The number of fused-ring (bicyclic) bond motifs is 4. The lowest BCUT2D eigenvalue weighted by Gasteiger charge is -2.38. The second kappa shape index (κ2) is 5.03. The third kappa shape index (κ3) is 2.01. The van der Waals surface area contributed by atoms with Crippen LogP contribution in [0.1, 0.15) is 29.5 Å². The van der Waals surface area contributed by atoms with Crippen LogP contribution in [0.25, 0.3) is 0 Å². The van der Waals surface area contributed by atoms with E-state index in [4.69, 9.17) is 9.47 Å². The van der Waals surface area contributed by atoms with E-state index in [2.05, 4.69) is 63.7 Å². The van der Waals surface area contributed by atoms with Gasteiger partial charge in [-0.1, -0.05) is 46.3 Å². The highest BCUT2D eigenvalue weighted by atomic mass is 79.9. The largest absolute Gasteiger partial charge is 0.454 e. The van der Waals surface area contributed by atoms with Crippen molar-refractivity contribution in [2.24, 2.45) is 5.92 Å². The minimum absolute atomic E-state index is 0.258. The van der Waals surface area contributed by atoms with Crippen molar-refractivity contribution < 1.29 is 9.47 Å². The summed E-state index contributed by atoms with van der Waals surface area (Å²) in [4.78, 5) is 0. The molecule has 0 aromatic heterocycles. The fourth-order valence-electron chi connectivity index (χ4n) is 4.02. The summed E-state index contributed by atoms with van der Waals surface area (Å²) in [5, 5.41) is 3.75. The number of anilines is 1. The SMILES string of the molecule is Brc1cc2c(cc1[C@@H]1Nc3ccccc3[C@@H]3C=CC[C@H]31)OCO2. The number of allylic oxidation sites excluding steroid dienone is 2. The Hall–Kier alpha value is -1.94. The summed E-state index contributed by atoms with van der Waals surface area (Å²) < 4.78 is 12.1. The first kappa shape index (κ1) is 13.5. The highest BCUT2D eigenvalue weighted by molar-refractivity contribution is 9.10. The minimum atomic E-state index is 0.258. The normalized spacial score (nSPS) is 26.6. The van der Waals surface area contributed by atoms with Gasteiger partial charge in [-0.2, -0.15) is 0 Å².